The van der Waals surface area contributed by atoms with Crippen molar-refractivity contribution < 1.29 is 19.1 Å². The topological polar surface area (TPSA) is 89.3 Å². The van der Waals surface area contributed by atoms with Gasteiger partial charge in [0.2, 0.25) is 5.78 Å². The van der Waals surface area contributed by atoms with Gasteiger partial charge in [-0.3, -0.25) is 9.59 Å². The largest absolute Gasteiger partial charge is 0.493 e. The normalized spacial score (nSPS) is 15.8. The van der Waals surface area contributed by atoms with Gasteiger partial charge in [-0.15, -0.1) is 5.10 Å². The number of amidine groups is 1. The van der Waals surface area contributed by atoms with E-state index in [0.29, 0.717) is 24.5 Å². The molecule has 0 radical (unpaired) electrons. The summed E-state index contributed by atoms with van der Waals surface area (Å²) in [6, 6.07) is 21.4. The molecule has 1 atom stereocenters. The number of hydrogen-bond acceptors (Lipinski definition) is 8. The Labute approximate surface area is 232 Å². The summed E-state index contributed by atoms with van der Waals surface area (Å²) < 4.78 is 12.7. The van der Waals surface area contributed by atoms with E-state index in [1.807, 2.05) is 83.6 Å². The Balaban J connectivity index is 1.46. The maximum Gasteiger partial charge on any atom is 0.233 e. The van der Waals surface area contributed by atoms with Crippen molar-refractivity contribution in [3.8, 4) is 17.2 Å². The number of nitrogens with zero attached hydrogens (tertiary/aromatic N) is 5. The summed E-state index contributed by atoms with van der Waals surface area (Å²) in [5, 5.41) is 11.2. The van der Waals surface area contributed by atoms with Crippen LogP contribution in [0.2, 0.25) is 0 Å². The highest BCUT2D eigenvalue weighted by Crippen LogP contribution is 2.44. The fourth-order valence-electron chi connectivity index (χ4n) is 5.33. The van der Waals surface area contributed by atoms with Gasteiger partial charge in [0.1, 0.15) is 5.69 Å². The van der Waals surface area contributed by atoms with Crippen molar-refractivity contribution in [2.24, 2.45) is 5.10 Å². The zero-order valence-electron chi connectivity index (χ0n) is 22.8. The van der Waals surface area contributed by atoms with Gasteiger partial charge in [0.25, 0.3) is 0 Å². The number of hydrogen-bond donors (Lipinski definition) is 0. The maximum absolute atomic E-state index is 14.2. The third kappa shape index (κ3) is 4.20. The number of para-hydroxylation sites is 1. The molecule has 0 saturated heterocycles. The third-order valence-corrected chi connectivity index (χ3v) is 7.36. The van der Waals surface area contributed by atoms with Gasteiger partial charge in [-0.25, -0.2) is 9.69 Å². The second-order valence-corrected chi connectivity index (χ2v) is 9.88. The molecule has 9 heteroatoms. The minimum atomic E-state index is -0.377. The number of ketones is 2. The van der Waals surface area contributed by atoms with E-state index in [-0.39, 0.29) is 34.8 Å². The Morgan fingerprint density at radius 2 is 1.62 bits per heavy atom. The Morgan fingerprint density at radius 1 is 0.925 bits per heavy atom. The average Bonchev–Trinajstić information content (AvgIpc) is 3.60. The van der Waals surface area contributed by atoms with E-state index in [4.69, 9.17) is 14.6 Å². The van der Waals surface area contributed by atoms with Gasteiger partial charge in [0.05, 0.1) is 31.2 Å². The van der Waals surface area contributed by atoms with Gasteiger partial charge < -0.3 is 14.4 Å². The van der Waals surface area contributed by atoms with Gasteiger partial charge in [0.15, 0.2) is 29.3 Å². The number of anilines is 1. The molecule has 202 valence electrons. The van der Waals surface area contributed by atoms with Gasteiger partial charge in [-0.2, -0.15) is 5.10 Å². The van der Waals surface area contributed by atoms with Crippen molar-refractivity contribution >= 4 is 23.1 Å². The van der Waals surface area contributed by atoms with Crippen LogP contribution in [0.3, 0.4) is 0 Å². The first-order valence-corrected chi connectivity index (χ1v) is 13.1. The molecule has 0 fully saturated rings. The number of benzene rings is 3. The minimum absolute atomic E-state index is 0.117. The van der Waals surface area contributed by atoms with Crippen molar-refractivity contribution in [3.63, 3.8) is 0 Å². The van der Waals surface area contributed by atoms with E-state index in [1.165, 1.54) is 6.92 Å². The van der Waals surface area contributed by atoms with Gasteiger partial charge >= 0.3 is 0 Å². The lowest BCUT2D eigenvalue weighted by molar-refractivity contribution is 0.0990. The molecular formula is C31H29N5O4. The molecule has 3 aromatic carbocycles. The number of fused-ring (bicyclic) bond motifs is 3. The van der Waals surface area contributed by atoms with Crippen LogP contribution in [0.4, 0.5) is 5.69 Å². The molecule has 3 heterocycles. The fraction of sp³-hybridized carbons (Fsp3) is 0.226. The number of carbonyl (C=O) groups excluding carboxylic acids is 2. The van der Waals surface area contributed by atoms with E-state index in [2.05, 4.69) is 5.10 Å². The monoisotopic (exact) mass is 535 g/mol. The number of rotatable bonds is 7. The maximum atomic E-state index is 14.2. The number of Topliss-reactive ketones (excluding diaryl/α,β-unsaturated/α-hetero) is 2. The van der Waals surface area contributed by atoms with Crippen LogP contribution < -0.4 is 14.5 Å². The van der Waals surface area contributed by atoms with Crippen molar-refractivity contribution in [1.82, 2.24) is 14.7 Å². The van der Waals surface area contributed by atoms with Crippen LogP contribution in [0.1, 0.15) is 50.6 Å². The van der Waals surface area contributed by atoms with Crippen LogP contribution in [0.15, 0.2) is 78.0 Å². The van der Waals surface area contributed by atoms with Crippen LogP contribution >= 0.6 is 0 Å². The van der Waals surface area contributed by atoms with E-state index in [1.54, 1.807) is 25.1 Å². The first-order chi connectivity index (χ1) is 19.4. The number of aryl methyl sites for hydroxylation is 1. The second-order valence-electron chi connectivity index (χ2n) is 9.88. The van der Waals surface area contributed by atoms with Crippen molar-refractivity contribution in [2.75, 3.05) is 25.8 Å². The lowest BCUT2D eigenvalue weighted by Gasteiger charge is -2.37. The summed E-state index contributed by atoms with van der Waals surface area (Å²) in [5.41, 5.74) is 5.11. The molecule has 0 N–H and O–H groups in total. The van der Waals surface area contributed by atoms with E-state index >= 15 is 0 Å². The van der Waals surface area contributed by atoms with E-state index in [0.717, 1.165) is 28.1 Å². The highest BCUT2D eigenvalue weighted by Gasteiger charge is 2.44. The molecule has 6 rings (SSSR count). The molecule has 0 amide bonds. The molecule has 0 saturated carbocycles. The molecule has 1 unspecified atom stereocenters. The number of hydrazone groups is 1. The van der Waals surface area contributed by atoms with Crippen LogP contribution in [0, 0.1) is 6.92 Å². The predicted molar refractivity (Wildman–Crippen MR) is 152 cm³/mol. The number of methoxy groups -OCH3 is 2. The van der Waals surface area contributed by atoms with Gasteiger partial charge in [-0.05, 0) is 55.3 Å². The van der Waals surface area contributed by atoms with E-state index < -0.39 is 0 Å². The second kappa shape index (κ2) is 10.00. The Bertz CT molecular complexity index is 1640. The van der Waals surface area contributed by atoms with Crippen LogP contribution in [0.25, 0.3) is 5.69 Å². The Kier molecular flexibility index (Phi) is 6.34. The summed E-state index contributed by atoms with van der Waals surface area (Å²) in [6.45, 7) is 3.98. The molecule has 1 aromatic heterocycles. The standard InChI is InChI=1S/C31H29N5O4/c1-19-10-12-22(13-11-19)35-18-25(28(32-35)20(2)37)29(38)30-33-36(23-8-6-5-7-9-23)31-24-17-27(40-4)26(39-3)16-21(24)14-15-34(30)31/h5-13,16-18,31H,14-15H2,1-4H3. The lowest BCUT2D eigenvalue weighted by Crippen LogP contribution is -2.43. The lowest BCUT2D eigenvalue weighted by atomic mass is 9.95. The molecule has 9 nitrogen and oxygen atoms in total. The molecule has 0 aliphatic carbocycles. The SMILES string of the molecule is COc1cc2c(cc1OC)C1N(CC2)C(C(=O)c2cn(-c3ccc(C)cc3)nc2C(C)=O)=NN1c1ccccc1. The van der Waals surface area contributed by atoms with Crippen LogP contribution in [-0.4, -0.2) is 52.8 Å². The summed E-state index contributed by atoms with van der Waals surface area (Å²) in [6.07, 6.45) is 1.93. The first kappa shape index (κ1) is 25.4. The molecule has 2 aliphatic rings. The molecule has 4 aromatic rings. The van der Waals surface area contributed by atoms with Crippen molar-refractivity contribution in [3.05, 3.63) is 101 Å². The summed E-state index contributed by atoms with van der Waals surface area (Å²) in [7, 11) is 3.23. The summed E-state index contributed by atoms with van der Waals surface area (Å²) in [5.74, 6) is 0.890. The van der Waals surface area contributed by atoms with Gasteiger partial charge in [-0.1, -0.05) is 35.9 Å². The smallest absolute Gasteiger partial charge is 0.233 e. The molecule has 0 spiro atoms. The number of carbonyl (C=O) groups is 2. The third-order valence-electron chi connectivity index (χ3n) is 7.36. The predicted octanol–water partition coefficient (Wildman–Crippen LogP) is 4.97. The van der Waals surface area contributed by atoms with Crippen LogP contribution in [0.5, 0.6) is 11.5 Å². The average molecular weight is 536 g/mol. The molecule has 40 heavy (non-hydrogen) atoms. The first-order valence-electron chi connectivity index (χ1n) is 13.1. The van der Waals surface area contributed by atoms with E-state index in [9.17, 15) is 9.59 Å². The van der Waals surface area contributed by atoms with Crippen molar-refractivity contribution in [1.29, 1.82) is 0 Å². The highest BCUT2D eigenvalue weighted by atomic mass is 16.5. The van der Waals surface area contributed by atoms with Crippen LogP contribution in [-0.2, 0) is 6.42 Å². The summed E-state index contributed by atoms with van der Waals surface area (Å²) >= 11 is 0. The van der Waals surface area contributed by atoms with Gasteiger partial charge in [0, 0.05) is 25.2 Å². The number of ether oxygens (including phenoxy) is 2. The number of aromatic nitrogens is 2. The zero-order chi connectivity index (χ0) is 28.0. The fourth-order valence-corrected chi connectivity index (χ4v) is 5.33. The zero-order valence-corrected chi connectivity index (χ0v) is 22.8. The molecular weight excluding hydrogens is 506 g/mol. The minimum Gasteiger partial charge on any atom is -0.493 e. The Morgan fingerprint density at radius 3 is 2.30 bits per heavy atom. The molecule has 0 bridgehead atoms. The molecule has 2 aliphatic heterocycles. The summed E-state index contributed by atoms with van der Waals surface area (Å²) in [4.78, 5) is 28.8. The van der Waals surface area contributed by atoms with Crippen molar-refractivity contribution in [2.45, 2.75) is 26.4 Å². The highest BCUT2D eigenvalue weighted by molar-refractivity contribution is 6.46. The Hall–Kier alpha value is -4.92. The quantitative estimate of drug-likeness (QED) is 0.309.